The van der Waals surface area contributed by atoms with Crippen LogP contribution in [0.3, 0.4) is 0 Å². The van der Waals surface area contributed by atoms with E-state index in [2.05, 4.69) is 12.1 Å². The van der Waals surface area contributed by atoms with Gasteiger partial charge in [-0.1, -0.05) is 31.3 Å². The fourth-order valence-corrected chi connectivity index (χ4v) is 2.39. The molecule has 1 fully saturated rings. The second-order valence-electron chi connectivity index (χ2n) is 4.10. The third-order valence-electron chi connectivity index (χ3n) is 3.19. The van der Waals surface area contributed by atoms with E-state index in [1.54, 1.807) is 0 Å². The van der Waals surface area contributed by atoms with Crippen molar-refractivity contribution in [2.75, 3.05) is 5.73 Å². The molecule has 3 nitrogen and oxygen atoms in total. The van der Waals surface area contributed by atoms with Crippen molar-refractivity contribution in [1.82, 2.24) is 5.16 Å². The Morgan fingerprint density at radius 2 is 2.07 bits per heavy atom. The minimum atomic E-state index is 0.521. The Morgan fingerprint density at radius 1 is 1.36 bits per heavy atom. The lowest BCUT2D eigenvalue weighted by Gasteiger charge is -2.19. The van der Waals surface area contributed by atoms with Gasteiger partial charge < -0.3 is 10.3 Å². The SMILES string of the molecule is CCc1c(C2CCCCC2)noc1N. The van der Waals surface area contributed by atoms with Crippen molar-refractivity contribution in [2.24, 2.45) is 0 Å². The summed E-state index contributed by atoms with van der Waals surface area (Å²) in [5.41, 5.74) is 7.99. The van der Waals surface area contributed by atoms with Crippen LogP contribution in [0.25, 0.3) is 0 Å². The molecule has 1 saturated carbocycles. The molecule has 14 heavy (non-hydrogen) atoms. The summed E-state index contributed by atoms with van der Waals surface area (Å²) in [7, 11) is 0. The lowest BCUT2D eigenvalue weighted by Crippen LogP contribution is -2.07. The zero-order chi connectivity index (χ0) is 9.97. The van der Waals surface area contributed by atoms with E-state index in [9.17, 15) is 0 Å². The van der Waals surface area contributed by atoms with Crippen molar-refractivity contribution in [3.05, 3.63) is 11.3 Å². The van der Waals surface area contributed by atoms with E-state index in [0.717, 1.165) is 17.7 Å². The number of nitrogens with zero attached hydrogens (tertiary/aromatic N) is 1. The molecule has 3 heteroatoms. The highest BCUT2D eigenvalue weighted by Gasteiger charge is 2.23. The van der Waals surface area contributed by atoms with Gasteiger partial charge in [0, 0.05) is 11.5 Å². The predicted octanol–water partition coefficient (Wildman–Crippen LogP) is 2.87. The van der Waals surface area contributed by atoms with Gasteiger partial charge in [-0.05, 0) is 19.3 Å². The van der Waals surface area contributed by atoms with Crippen LogP contribution in [0.4, 0.5) is 5.88 Å². The Balaban J connectivity index is 2.21. The van der Waals surface area contributed by atoms with Crippen molar-refractivity contribution in [2.45, 2.75) is 51.4 Å². The van der Waals surface area contributed by atoms with E-state index in [1.807, 2.05) is 0 Å². The summed E-state index contributed by atoms with van der Waals surface area (Å²) in [4.78, 5) is 0. The lowest BCUT2D eigenvalue weighted by molar-refractivity contribution is 0.387. The van der Waals surface area contributed by atoms with E-state index < -0.39 is 0 Å². The fraction of sp³-hybridized carbons (Fsp3) is 0.727. The summed E-state index contributed by atoms with van der Waals surface area (Å²) in [6.45, 7) is 2.11. The van der Waals surface area contributed by atoms with Crippen molar-refractivity contribution >= 4 is 5.88 Å². The van der Waals surface area contributed by atoms with Crippen LogP contribution in [0.1, 0.15) is 56.2 Å². The Bertz CT molecular complexity index is 300. The second kappa shape index (κ2) is 4.03. The first-order valence-electron chi connectivity index (χ1n) is 5.56. The zero-order valence-corrected chi connectivity index (χ0v) is 8.75. The lowest BCUT2D eigenvalue weighted by atomic mass is 9.85. The maximum atomic E-state index is 5.73. The van der Waals surface area contributed by atoms with Crippen molar-refractivity contribution in [1.29, 1.82) is 0 Å². The molecule has 0 atom stereocenters. The summed E-state index contributed by atoms with van der Waals surface area (Å²) < 4.78 is 5.07. The molecule has 0 saturated heterocycles. The van der Waals surface area contributed by atoms with Crippen LogP contribution in [0.5, 0.6) is 0 Å². The highest BCUT2D eigenvalue weighted by Crippen LogP contribution is 2.35. The quantitative estimate of drug-likeness (QED) is 0.787. The number of nitrogen functional groups attached to an aromatic ring is 1. The van der Waals surface area contributed by atoms with Gasteiger partial charge in [0.05, 0.1) is 5.69 Å². The maximum absolute atomic E-state index is 5.73. The van der Waals surface area contributed by atoms with Crippen molar-refractivity contribution in [3.63, 3.8) is 0 Å². The summed E-state index contributed by atoms with van der Waals surface area (Å²) in [6, 6.07) is 0. The van der Waals surface area contributed by atoms with Gasteiger partial charge in [-0.25, -0.2) is 0 Å². The van der Waals surface area contributed by atoms with Crippen LogP contribution in [0.15, 0.2) is 4.52 Å². The first-order chi connectivity index (χ1) is 6.83. The van der Waals surface area contributed by atoms with Crippen LogP contribution in [-0.2, 0) is 6.42 Å². The van der Waals surface area contributed by atoms with Gasteiger partial charge in [-0.3, -0.25) is 0 Å². The molecule has 1 aliphatic rings. The van der Waals surface area contributed by atoms with Gasteiger partial charge in [-0.2, -0.15) is 0 Å². The summed E-state index contributed by atoms with van der Waals surface area (Å²) >= 11 is 0. The number of hydrogen-bond donors (Lipinski definition) is 1. The highest BCUT2D eigenvalue weighted by molar-refractivity contribution is 5.40. The van der Waals surface area contributed by atoms with E-state index in [0.29, 0.717) is 11.8 Å². The van der Waals surface area contributed by atoms with Crippen LogP contribution in [0, 0.1) is 0 Å². The normalized spacial score (nSPS) is 18.6. The van der Waals surface area contributed by atoms with Gasteiger partial charge in [0.25, 0.3) is 0 Å². The topological polar surface area (TPSA) is 52.0 Å². The van der Waals surface area contributed by atoms with Gasteiger partial charge in [0.1, 0.15) is 0 Å². The average molecular weight is 194 g/mol. The summed E-state index contributed by atoms with van der Waals surface area (Å²) in [5, 5.41) is 4.11. The first kappa shape index (κ1) is 9.56. The van der Waals surface area contributed by atoms with E-state index in [-0.39, 0.29) is 0 Å². The monoisotopic (exact) mass is 194 g/mol. The Morgan fingerprint density at radius 3 is 2.71 bits per heavy atom. The van der Waals surface area contributed by atoms with E-state index >= 15 is 0 Å². The average Bonchev–Trinajstić information content (AvgIpc) is 2.61. The number of rotatable bonds is 2. The zero-order valence-electron chi connectivity index (χ0n) is 8.75. The number of hydrogen-bond acceptors (Lipinski definition) is 3. The van der Waals surface area contributed by atoms with Gasteiger partial charge >= 0.3 is 0 Å². The van der Waals surface area contributed by atoms with Gasteiger partial charge in [0.15, 0.2) is 0 Å². The number of aromatic nitrogens is 1. The molecule has 1 heterocycles. The van der Waals surface area contributed by atoms with Crippen LogP contribution >= 0.6 is 0 Å². The minimum Gasteiger partial charge on any atom is -0.367 e. The first-order valence-corrected chi connectivity index (χ1v) is 5.56. The molecular formula is C11H18N2O. The van der Waals surface area contributed by atoms with E-state index in [1.165, 1.54) is 32.1 Å². The summed E-state index contributed by atoms with van der Waals surface area (Å²) in [5.74, 6) is 1.12. The molecule has 0 aliphatic heterocycles. The highest BCUT2D eigenvalue weighted by atomic mass is 16.5. The second-order valence-corrected chi connectivity index (χ2v) is 4.10. The van der Waals surface area contributed by atoms with Crippen LogP contribution in [0.2, 0.25) is 0 Å². The molecule has 1 aliphatic carbocycles. The molecule has 2 N–H and O–H groups in total. The molecule has 78 valence electrons. The Hall–Kier alpha value is -0.990. The van der Waals surface area contributed by atoms with E-state index in [4.69, 9.17) is 10.3 Å². The molecule has 2 rings (SSSR count). The molecular weight excluding hydrogens is 176 g/mol. The van der Waals surface area contributed by atoms with Crippen molar-refractivity contribution in [3.8, 4) is 0 Å². The molecule has 0 spiro atoms. The molecule has 0 bridgehead atoms. The Labute approximate surface area is 84.7 Å². The van der Waals surface area contributed by atoms with Crippen LogP contribution < -0.4 is 5.73 Å². The largest absolute Gasteiger partial charge is 0.367 e. The predicted molar refractivity (Wildman–Crippen MR) is 56.1 cm³/mol. The molecule has 0 aromatic carbocycles. The Kier molecular flexibility index (Phi) is 2.75. The number of anilines is 1. The molecule has 1 aromatic heterocycles. The van der Waals surface area contributed by atoms with Gasteiger partial charge in [-0.15, -0.1) is 0 Å². The standard InChI is InChI=1S/C11H18N2O/c1-2-9-10(13-14-11(9)12)8-6-4-3-5-7-8/h8H,2-7,12H2,1H3. The third kappa shape index (κ3) is 1.63. The van der Waals surface area contributed by atoms with Crippen LogP contribution in [-0.4, -0.2) is 5.16 Å². The maximum Gasteiger partial charge on any atom is 0.225 e. The third-order valence-corrected chi connectivity index (χ3v) is 3.19. The smallest absolute Gasteiger partial charge is 0.225 e. The summed E-state index contributed by atoms with van der Waals surface area (Å²) in [6.07, 6.45) is 7.44. The molecule has 0 unspecified atom stereocenters. The molecule has 0 radical (unpaired) electrons. The number of nitrogens with two attached hydrogens (primary N) is 1. The van der Waals surface area contributed by atoms with Gasteiger partial charge in [0.2, 0.25) is 5.88 Å². The van der Waals surface area contributed by atoms with Crippen molar-refractivity contribution < 1.29 is 4.52 Å². The fourth-order valence-electron chi connectivity index (χ4n) is 2.39. The molecule has 0 amide bonds. The minimum absolute atomic E-state index is 0.521. The molecule has 1 aromatic rings.